The molecule has 2 heterocycles. The summed E-state index contributed by atoms with van der Waals surface area (Å²) in [6.07, 6.45) is 5.28. The molecule has 2 fully saturated rings. The lowest BCUT2D eigenvalue weighted by Gasteiger charge is -2.17. The fourth-order valence-electron chi connectivity index (χ4n) is 3.75. The molecular weight excluding hydrogens is 420 g/mol. The van der Waals surface area contributed by atoms with Crippen LogP contribution in [0.5, 0.6) is 0 Å². The van der Waals surface area contributed by atoms with Gasteiger partial charge in [-0.1, -0.05) is 23.7 Å². The van der Waals surface area contributed by atoms with E-state index in [-0.39, 0.29) is 22.8 Å². The van der Waals surface area contributed by atoms with Crippen LogP contribution in [0.15, 0.2) is 46.1 Å². The normalized spacial score (nSPS) is 20.5. The van der Waals surface area contributed by atoms with E-state index in [2.05, 4.69) is 10.3 Å². The van der Waals surface area contributed by atoms with Crippen LogP contribution in [0.3, 0.4) is 0 Å². The highest BCUT2D eigenvalue weighted by molar-refractivity contribution is 7.92. The van der Waals surface area contributed by atoms with Gasteiger partial charge in [-0.2, -0.15) is 0 Å². The van der Waals surface area contributed by atoms with Gasteiger partial charge < -0.3 is 14.9 Å². The van der Waals surface area contributed by atoms with E-state index in [9.17, 15) is 14.1 Å². The van der Waals surface area contributed by atoms with E-state index in [0.717, 1.165) is 29.5 Å². The third-order valence-electron chi connectivity index (χ3n) is 5.53. The third-order valence-corrected chi connectivity index (χ3v) is 7.60. The SMILES string of the molecule is CC(C)[S+]([O-])c1ccc(/C(=C\[C@H]2CCC(=O)N2)c2ccc(C3CC3)c(=O)[nH]2)cc1Cl. The molecule has 2 aliphatic rings. The van der Waals surface area contributed by atoms with Crippen molar-refractivity contribution < 1.29 is 9.35 Å². The molecule has 7 heteroatoms. The van der Waals surface area contributed by atoms with Crippen molar-refractivity contribution in [3.8, 4) is 0 Å². The zero-order valence-electron chi connectivity index (χ0n) is 17.0. The Morgan fingerprint density at radius 1 is 1.20 bits per heavy atom. The smallest absolute Gasteiger partial charge is 0.251 e. The maximum Gasteiger partial charge on any atom is 0.251 e. The monoisotopic (exact) mass is 444 g/mol. The fraction of sp³-hybridized carbons (Fsp3) is 0.391. The summed E-state index contributed by atoms with van der Waals surface area (Å²) in [7, 11) is 0. The number of hydrogen-bond donors (Lipinski definition) is 2. The Morgan fingerprint density at radius 3 is 2.53 bits per heavy atom. The first kappa shape index (κ1) is 21.2. The Balaban J connectivity index is 1.75. The molecule has 1 aliphatic heterocycles. The maximum absolute atomic E-state index is 12.6. The first-order valence-corrected chi connectivity index (χ1v) is 11.9. The molecule has 158 valence electrons. The number of carbonyl (C=O) groups excluding carboxylic acids is 1. The van der Waals surface area contributed by atoms with Crippen LogP contribution in [-0.4, -0.2) is 26.7 Å². The van der Waals surface area contributed by atoms with E-state index in [1.54, 1.807) is 12.1 Å². The predicted octanol–water partition coefficient (Wildman–Crippen LogP) is 4.13. The zero-order chi connectivity index (χ0) is 21.4. The Bertz CT molecular complexity index is 1060. The molecular formula is C23H25ClN2O3S. The summed E-state index contributed by atoms with van der Waals surface area (Å²) >= 11 is 5.29. The van der Waals surface area contributed by atoms with Gasteiger partial charge in [0.1, 0.15) is 5.25 Å². The van der Waals surface area contributed by atoms with Gasteiger partial charge in [0.25, 0.3) is 5.56 Å². The molecule has 1 aromatic heterocycles. The first-order chi connectivity index (χ1) is 14.3. The summed E-state index contributed by atoms with van der Waals surface area (Å²) in [6.45, 7) is 3.78. The molecule has 1 aliphatic carbocycles. The molecule has 1 aromatic carbocycles. The number of halogens is 1. The number of aromatic nitrogens is 1. The van der Waals surface area contributed by atoms with Gasteiger partial charge in [-0.05, 0) is 80.0 Å². The Labute approximate surface area is 184 Å². The van der Waals surface area contributed by atoms with Crippen molar-refractivity contribution in [3.63, 3.8) is 0 Å². The van der Waals surface area contributed by atoms with Crippen molar-refractivity contribution in [3.05, 3.63) is 68.6 Å². The van der Waals surface area contributed by atoms with Crippen LogP contribution < -0.4 is 10.9 Å². The standard InChI is InChI=1S/C23H25ClN2O3S/c1-13(2)30(29)21-9-5-15(11-19(21)24)18(12-16-6-10-22(27)25-16)20-8-7-17(14-3-4-14)23(28)26-20/h5,7-9,11-14,16H,3-4,6,10H2,1-2H3,(H,25,27)(H,26,28)/b18-12+/t16-,30?/m1/s1. The van der Waals surface area contributed by atoms with Gasteiger partial charge in [-0.3, -0.25) is 9.59 Å². The number of amides is 1. The van der Waals surface area contributed by atoms with Gasteiger partial charge in [0.15, 0.2) is 4.90 Å². The van der Waals surface area contributed by atoms with Gasteiger partial charge in [0.05, 0.1) is 5.02 Å². The van der Waals surface area contributed by atoms with Crippen molar-refractivity contribution in [1.82, 2.24) is 10.3 Å². The van der Waals surface area contributed by atoms with Gasteiger partial charge in [-0.25, -0.2) is 0 Å². The molecule has 1 unspecified atom stereocenters. The number of rotatable bonds is 6. The Morgan fingerprint density at radius 2 is 1.97 bits per heavy atom. The fourth-order valence-corrected chi connectivity index (χ4v) is 5.12. The van der Waals surface area contributed by atoms with Crippen molar-refractivity contribution >= 4 is 34.3 Å². The second-order valence-electron chi connectivity index (χ2n) is 8.22. The molecule has 1 saturated carbocycles. The van der Waals surface area contributed by atoms with Gasteiger partial charge in [0.2, 0.25) is 5.91 Å². The minimum atomic E-state index is -1.19. The molecule has 1 amide bonds. The van der Waals surface area contributed by atoms with Crippen LogP contribution in [0.2, 0.25) is 5.02 Å². The lowest BCUT2D eigenvalue weighted by atomic mass is 9.98. The molecule has 4 rings (SSSR count). The number of benzene rings is 1. The summed E-state index contributed by atoms with van der Waals surface area (Å²) in [5.74, 6) is 0.387. The van der Waals surface area contributed by atoms with E-state index < -0.39 is 11.2 Å². The highest BCUT2D eigenvalue weighted by Gasteiger charge is 2.27. The van der Waals surface area contributed by atoms with Crippen LogP contribution >= 0.6 is 11.6 Å². The van der Waals surface area contributed by atoms with Crippen LogP contribution in [-0.2, 0) is 16.0 Å². The molecule has 2 aromatic rings. The molecule has 5 nitrogen and oxygen atoms in total. The summed E-state index contributed by atoms with van der Waals surface area (Å²) < 4.78 is 12.5. The molecule has 0 radical (unpaired) electrons. The molecule has 1 saturated heterocycles. The topological polar surface area (TPSA) is 85.0 Å². The number of H-pyrrole nitrogens is 1. The number of carbonyl (C=O) groups is 1. The number of aromatic amines is 1. The average Bonchev–Trinajstić information content (AvgIpc) is 3.46. The van der Waals surface area contributed by atoms with Crippen molar-refractivity contribution in [2.24, 2.45) is 0 Å². The van der Waals surface area contributed by atoms with Gasteiger partial charge in [0, 0.05) is 29.3 Å². The van der Waals surface area contributed by atoms with Crippen molar-refractivity contribution in [2.75, 3.05) is 0 Å². The predicted molar refractivity (Wildman–Crippen MR) is 120 cm³/mol. The van der Waals surface area contributed by atoms with Crippen LogP contribution in [0.4, 0.5) is 0 Å². The molecule has 2 atom stereocenters. The average molecular weight is 445 g/mol. The van der Waals surface area contributed by atoms with E-state index in [1.165, 1.54) is 0 Å². The van der Waals surface area contributed by atoms with Gasteiger partial charge in [-0.15, -0.1) is 0 Å². The first-order valence-electron chi connectivity index (χ1n) is 10.3. The summed E-state index contributed by atoms with van der Waals surface area (Å²) in [6, 6.07) is 9.15. The van der Waals surface area contributed by atoms with Crippen LogP contribution in [0, 0.1) is 0 Å². The number of hydrogen-bond acceptors (Lipinski definition) is 3. The van der Waals surface area contributed by atoms with E-state index in [0.29, 0.717) is 34.4 Å². The number of pyridine rings is 1. The third kappa shape index (κ3) is 4.51. The molecule has 30 heavy (non-hydrogen) atoms. The van der Waals surface area contributed by atoms with Crippen molar-refractivity contribution in [2.45, 2.75) is 61.6 Å². The summed E-state index contributed by atoms with van der Waals surface area (Å²) in [4.78, 5) is 27.9. The Hall–Kier alpha value is -2.02. The second kappa shape index (κ2) is 8.61. The number of nitrogens with one attached hydrogen (secondary N) is 2. The van der Waals surface area contributed by atoms with Crippen LogP contribution in [0.25, 0.3) is 5.57 Å². The minimum absolute atomic E-state index is 0.0221. The summed E-state index contributed by atoms with van der Waals surface area (Å²) in [5.41, 5.74) is 3.04. The van der Waals surface area contributed by atoms with Gasteiger partial charge >= 0.3 is 0 Å². The largest absolute Gasteiger partial charge is 0.611 e. The molecule has 2 N–H and O–H groups in total. The lowest BCUT2D eigenvalue weighted by molar-refractivity contribution is -0.119. The van der Waals surface area contributed by atoms with E-state index in [4.69, 9.17) is 11.6 Å². The zero-order valence-corrected chi connectivity index (χ0v) is 18.6. The highest BCUT2D eigenvalue weighted by Crippen LogP contribution is 2.38. The van der Waals surface area contributed by atoms with E-state index >= 15 is 0 Å². The van der Waals surface area contributed by atoms with E-state index in [1.807, 2.05) is 38.1 Å². The molecule has 0 spiro atoms. The Kier molecular flexibility index (Phi) is 6.09. The maximum atomic E-state index is 12.6. The van der Waals surface area contributed by atoms with Crippen LogP contribution in [0.1, 0.15) is 62.3 Å². The summed E-state index contributed by atoms with van der Waals surface area (Å²) in [5, 5.41) is 3.34. The lowest BCUT2D eigenvalue weighted by Crippen LogP contribution is -2.23. The highest BCUT2D eigenvalue weighted by atomic mass is 35.5. The quantitative estimate of drug-likeness (QED) is 0.657. The second-order valence-corrected chi connectivity index (χ2v) is 10.6. The van der Waals surface area contributed by atoms with Crippen molar-refractivity contribution in [1.29, 1.82) is 0 Å². The molecule has 0 bridgehead atoms. The minimum Gasteiger partial charge on any atom is -0.611 e.